The highest BCUT2D eigenvalue weighted by Gasteiger charge is 2.04. The summed E-state index contributed by atoms with van der Waals surface area (Å²) in [6.45, 7) is 5.98. The molecule has 0 heterocycles. The highest BCUT2D eigenvalue weighted by Crippen LogP contribution is 2.20. The lowest BCUT2D eigenvalue weighted by Crippen LogP contribution is -2.36. The van der Waals surface area contributed by atoms with E-state index in [1.165, 1.54) is 7.05 Å². The van der Waals surface area contributed by atoms with Crippen LogP contribution < -0.4 is 11.2 Å². The van der Waals surface area contributed by atoms with E-state index in [1.807, 2.05) is 39.0 Å². The Hall–Kier alpha value is -1.07. The molecule has 0 saturated heterocycles. The maximum absolute atomic E-state index is 11.2. The van der Waals surface area contributed by atoms with Gasteiger partial charge in [0.2, 0.25) is 0 Å². The molecule has 1 rings (SSSR count). The first-order chi connectivity index (χ1) is 7.50. The molecule has 0 saturated carbocycles. The lowest BCUT2D eigenvalue weighted by molar-refractivity contribution is 0.223. The number of carbonyl (C=O) groups excluding carboxylic acids is 1. The average molecular weight is 288 g/mol. The first-order valence-corrected chi connectivity index (χ1v) is 5.85. The van der Waals surface area contributed by atoms with Crippen LogP contribution in [-0.2, 0) is 0 Å². The van der Waals surface area contributed by atoms with Gasteiger partial charge < -0.3 is 5.32 Å². The molecule has 90 valence electrons. The predicted octanol–water partition coefficient (Wildman–Crippen LogP) is 3.12. The Balaban J connectivity index is 0.00000106. The lowest BCUT2D eigenvalue weighted by Gasteiger charge is -2.12. The minimum atomic E-state index is -0.347. The second-order valence-corrected chi connectivity index (χ2v) is 3.86. The van der Waals surface area contributed by atoms with Crippen LogP contribution >= 0.6 is 15.9 Å². The van der Waals surface area contributed by atoms with Crippen LogP contribution in [0.1, 0.15) is 19.4 Å². The molecule has 3 N–H and O–H groups in total. The molecule has 0 aliphatic carbocycles. The summed E-state index contributed by atoms with van der Waals surface area (Å²) < 4.78 is 0.954. The van der Waals surface area contributed by atoms with Crippen LogP contribution in [0.2, 0.25) is 0 Å². The van der Waals surface area contributed by atoms with Gasteiger partial charge in [-0.15, -0.1) is 0 Å². The molecule has 0 spiro atoms. The van der Waals surface area contributed by atoms with Gasteiger partial charge in [-0.1, -0.05) is 35.8 Å². The topological polar surface area (TPSA) is 58.4 Å². The normalized spacial score (nSPS) is 8.88. The molecule has 0 fully saturated rings. The Morgan fingerprint density at radius 2 is 2.00 bits per heavy atom. The summed E-state index contributed by atoms with van der Waals surface area (Å²) in [4.78, 5) is 11.2. The molecule has 4 nitrogen and oxygen atoms in total. The number of hydrogen-bond donors (Lipinski definition) is 2. The van der Waals surface area contributed by atoms with Gasteiger partial charge in [-0.3, -0.25) is 5.01 Å². The van der Waals surface area contributed by atoms with Crippen molar-refractivity contribution in [1.29, 1.82) is 0 Å². The summed E-state index contributed by atoms with van der Waals surface area (Å²) in [5, 5.41) is 3.64. The largest absolute Gasteiger partial charge is 0.335 e. The van der Waals surface area contributed by atoms with Crippen LogP contribution in [0.15, 0.2) is 22.7 Å². The van der Waals surface area contributed by atoms with E-state index in [4.69, 9.17) is 5.84 Å². The van der Waals surface area contributed by atoms with Gasteiger partial charge in [0.25, 0.3) is 0 Å². The molecule has 0 aliphatic heterocycles. The zero-order valence-electron chi connectivity index (χ0n) is 10.0. The third-order valence-corrected chi connectivity index (χ3v) is 2.60. The van der Waals surface area contributed by atoms with E-state index in [0.29, 0.717) is 5.69 Å². The maximum atomic E-state index is 11.2. The van der Waals surface area contributed by atoms with Crippen LogP contribution in [0, 0.1) is 6.92 Å². The monoisotopic (exact) mass is 287 g/mol. The van der Waals surface area contributed by atoms with Gasteiger partial charge in [-0.05, 0) is 24.6 Å². The Bertz CT molecular complexity index is 353. The Labute approximate surface area is 105 Å². The predicted molar refractivity (Wildman–Crippen MR) is 71.2 cm³/mol. The van der Waals surface area contributed by atoms with Gasteiger partial charge >= 0.3 is 6.03 Å². The summed E-state index contributed by atoms with van der Waals surface area (Å²) in [6.07, 6.45) is 0. The van der Waals surface area contributed by atoms with E-state index in [2.05, 4.69) is 21.2 Å². The Morgan fingerprint density at radius 1 is 1.44 bits per heavy atom. The second kappa shape index (κ2) is 7.24. The van der Waals surface area contributed by atoms with Crippen molar-refractivity contribution in [2.45, 2.75) is 20.8 Å². The van der Waals surface area contributed by atoms with Crippen LogP contribution in [0.3, 0.4) is 0 Å². The fourth-order valence-electron chi connectivity index (χ4n) is 0.882. The molecule has 0 radical (unpaired) electrons. The number of carbonyl (C=O) groups is 1. The lowest BCUT2D eigenvalue weighted by atomic mass is 10.2. The number of amides is 2. The molecule has 0 unspecified atom stereocenters. The van der Waals surface area contributed by atoms with Crippen molar-refractivity contribution in [3.8, 4) is 0 Å². The van der Waals surface area contributed by atoms with Gasteiger partial charge in [0.15, 0.2) is 0 Å². The van der Waals surface area contributed by atoms with E-state index < -0.39 is 0 Å². The van der Waals surface area contributed by atoms with Crippen LogP contribution in [0.5, 0.6) is 0 Å². The van der Waals surface area contributed by atoms with Crippen molar-refractivity contribution >= 4 is 27.6 Å². The summed E-state index contributed by atoms with van der Waals surface area (Å²) in [7, 11) is 1.48. The molecule has 0 atom stereocenters. The SMILES string of the molecule is CC.Cc1ccc(NC(=O)N(C)N)cc1Br. The second-order valence-electron chi connectivity index (χ2n) is 3.01. The molecule has 5 heteroatoms. The zero-order chi connectivity index (χ0) is 12.7. The summed E-state index contributed by atoms with van der Waals surface area (Å²) >= 11 is 3.38. The van der Waals surface area contributed by atoms with E-state index in [1.54, 1.807) is 0 Å². The summed E-state index contributed by atoms with van der Waals surface area (Å²) in [5.41, 5.74) is 1.83. The first kappa shape index (κ1) is 14.9. The van der Waals surface area contributed by atoms with Gasteiger partial charge in [0, 0.05) is 17.2 Å². The molecule has 16 heavy (non-hydrogen) atoms. The third-order valence-electron chi connectivity index (χ3n) is 1.74. The minimum absolute atomic E-state index is 0.347. The fraction of sp³-hybridized carbons (Fsp3) is 0.364. The smallest absolute Gasteiger partial charge is 0.307 e. The quantitative estimate of drug-likeness (QED) is 0.474. The number of nitrogens with zero attached hydrogens (tertiary/aromatic N) is 1. The number of anilines is 1. The summed E-state index contributed by atoms with van der Waals surface area (Å²) in [5.74, 6) is 5.26. The van der Waals surface area contributed by atoms with Crippen molar-refractivity contribution in [3.05, 3.63) is 28.2 Å². The van der Waals surface area contributed by atoms with E-state index in [-0.39, 0.29) is 6.03 Å². The van der Waals surface area contributed by atoms with E-state index in [9.17, 15) is 4.79 Å². The van der Waals surface area contributed by atoms with Crippen molar-refractivity contribution in [3.63, 3.8) is 0 Å². The van der Waals surface area contributed by atoms with Crippen molar-refractivity contribution < 1.29 is 4.79 Å². The highest BCUT2D eigenvalue weighted by atomic mass is 79.9. The number of hydrogen-bond acceptors (Lipinski definition) is 2. The van der Waals surface area contributed by atoms with Crippen molar-refractivity contribution in [2.75, 3.05) is 12.4 Å². The molecule has 2 amide bonds. The van der Waals surface area contributed by atoms with Gasteiger partial charge in [-0.25, -0.2) is 10.6 Å². The highest BCUT2D eigenvalue weighted by molar-refractivity contribution is 9.10. The molecule has 0 aromatic heterocycles. The van der Waals surface area contributed by atoms with E-state index >= 15 is 0 Å². The van der Waals surface area contributed by atoms with Gasteiger partial charge in [-0.2, -0.15) is 0 Å². The standard InChI is InChI=1S/C9H12BrN3O.C2H6/c1-6-3-4-7(5-8(6)10)12-9(14)13(2)11;1-2/h3-5H,11H2,1-2H3,(H,12,14);1-2H3. The number of halogens is 1. The first-order valence-electron chi connectivity index (χ1n) is 5.06. The fourth-order valence-corrected chi connectivity index (χ4v) is 1.26. The molecular weight excluding hydrogens is 270 g/mol. The molecule has 0 bridgehead atoms. The average Bonchev–Trinajstić information content (AvgIpc) is 2.26. The molecule has 1 aromatic carbocycles. The van der Waals surface area contributed by atoms with Crippen LogP contribution in [-0.4, -0.2) is 18.1 Å². The van der Waals surface area contributed by atoms with Gasteiger partial charge in [0.1, 0.15) is 0 Å². The van der Waals surface area contributed by atoms with Gasteiger partial charge in [0.05, 0.1) is 0 Å². The number of urea groups is 1. The Kier molecular flexibility index (Phi) is 6.76. The number of aryl methyl sites for hydroxylation is 1. The Morgan fingerprint density at radius 3 is 2.44 bits per heavy atom. The van der Waals surface area contributed by atoms with Crippen molar-refractivity contribution in [1.82, 2.24) is 5.01 Å². The minimum Gasteiger partial charge on any atom is -0.307 e. The van der Waals surface area contributed by atoms with E-state index in [0.717, 1.165) is 15.0 Å². The molecule has 1 aromatic rings. The molecular formula is C11H18BrN3O. The zero-order valence-corrected chi connectivity index (χ0v) is 11.6. The summed E-state index contributed by atoms with van der Waals surface area (Å²) in [6, 6.07) is 5.22. The maximum Gasteiger partial charge on any atom is 0.335 e. The van der Waals surface area contributed by atoms with Crippen LogP contribution in [0.4, 0.5) is 10.5 Å². The number of hydrazine groups is 1. The number of nitrogens with two attached hydrogens (primary N) is 1. The number of benzene rings is 1. The third kappa shape index (κ3) is 4.63. The molecule has 0 aliphatic rings. The number of nitrogens with one attached hydrogen (secondary N) is 1. The number of rotatable bonds is 1. The van der Waals surface area contributed by atoms with Crippen molar-refractivity contribution in [2.24, 2.45) is 5.84 Å². The van der Waals surface area contributed by atoms with Crippen LogP contribution in [0.25, 0.3) is 0 Å².